The fourth-order valence-corrected chi connectivity index (χ4v) is 3.66. The topological polar surface area (TPSA) is 129 Å². The first-order chi connectivity index (χ1) is 12.3. The first kappa shape index (κ1) is 18.2. The molecule has 0 radical (unpaired) electrons. The Labute approximate surface area is 151 Å². The summed E-state index contributed by atoms with van der Waals surface area (Å²) in [4.78, 5) is 49.1. The standard InChI is InChI=1S/C17H22N4O5/c1-16(11-4-5-11)14(24)21(15(25)20-16)8-13(23)26-9-12(22)19-17(10-18)6-2-3-7-17/h11H,2-9H2,1H3,(H,19,22)(H,20,25)/t16-/m1/s1. The molecule has 1 atom stereocenters. The van der Waals surface area contributed by atoms with E-state index in [9.17, 15) is 24.4 Å². The van der Waals surface area contributed by atoms with E-state index >= 15 is 0 Å². The number of nitrogens with one attached hydrogen (secondary N) is 2. The Morgan fingerprint density at radius 2 is 2.00 bits per heavy atom. The van der Waals surface area contributed by atoms with E-state index in [2.05, 4.69) is 16.7 Å². The van der Waals surface area contributed by atoms with Crippen LogP contribution in [0.15, 0.2) is 0 Å². The minimum absolute atomic E-state index is 0.0966. The third-order valence-electron chi connectivity index (χ3n) is 5.40. The predicted molar refractivity (Wildman–Crippen MR) is 87.3 cm³/mol. The van der Waals surface area contributed by atoms with Crippen molar-refractivity contribution in [2.45, 2.75) is 56.5 Å². The summed E-state index contributed by atoms with van der Waals surface area (Å²) in [6.07, 6.45) is 4.60. The molecule has 3 rings (SSSR count). The number of carbonyl (C=O) groups is 4. The van der Waals surface area contributed by atoms with Gasteiger partial charge >= 0.3 is 12.0 Å². The largest absolute Gasteiger partial charge is 0.454 e. The van der Waals surface area contributed by atoms with Crippen molar-refractivity contribution >= 4 is 23.8 Å². The van der Waals surface area contributed by atoms with E-state index in [4.69, 9.17) is 4.74 Å². The van der Waals surface area contributed by atoms with E-state index in [1.807, 2.05) is 0 Å². The molecule has 1 saturated heterocycles. The predicted octanol–water partition coefficient (Wildman–Crippen LogP) is 0.203. The van der Waals surface area contributed by atoms with Crippen LogP contribution >= 0.6 is 0 Å². The fourth-order valence-electron chi connectivity index (χ4n) is 3.66. The minimum atomic E-state index is -0.962. The Morgan fingerprint density at radius 1 is 1.35 bits per heavy atom. The minimum Gasteiger partial charge on any atom is -0.454 e. The van der Waals surface area contributed by atoms with Crippen LogP contribution in [0.3, 0.4) is 0 Å². The van der Waals surface area contributed by atoms with Crippen molar-refractivity contribution < 1.29 is 23.9 Å². The molecular weight excluding hydrogens is 340 g/mol. The molecule has 2 aliphatic carbocycles. The van der Waals surface area contributed by atoms with E-state index in [0.29, 0.717) is 12.8 Å². The van der Waals surface area contributed by atoms with Gasteiger partial charge in [0, 0.05) is 0 Å². The van der Waals surface area contributed by atoms with Crippen LogP contribution < -0.4 is 10.6 Å². The maximum atomic E-state index is 12.4. The lowest BCUT2D eigenvalue weighted by Crippen LogP contribution is -2.47. The normalized spacial score (nSPS) is 27.0. The molecule has 26 heavy (non-hydrogen) atoms. The van der Waals surface area contributed by atoms with Gasteiger partial charge in [0.05, 0.1) is 6.07 Å². The zero-order valence-electron chi connectivity index (χ0n) is 14.7. The molecule has 0 unspecified atom stereocenters. The molecule has 1 aliphatic heterocycles. The molecule has 4 amide bonds. The smallest absolute Gasteiger partial charge is 0.326 e. The van der Waals surface area contributed by atoms with Crippen molar-refractivity contribution in [1.29, 1.82) is 5.26 Å². The van der Waals surface area contributed by atoms with Crippen molar-refractivity contribution in [2.75, 3.05) is 13.2 Å². The molecule has 0 aromatic rings. The van der Waals surface area contributed by atoms with Crippen molar-refractivity contribution in [3.63, 3.8) is 0 Å². The third-order valence-corrected chi connectivity index (χ3v) is 5.40. The number of hydrogen-bond acceptors (Lipinski definition) is 6. The van der Waals surface area contributed by atoms with Gasteiger partial charge in [0.15, 0.2) is 6.61 Å². The third kappa shape index (κ3) is 3.36. The second kappa shape index (κ2) is 6.59. The Kier molecular flexibility index (Phi) is 4.61. The first-order valence-electron chi connectivity index (χ1n) is 8.82. The summed E-state index contributed by atoms with van der Waals surface area (Å²) in [6.45, 7) is 0.571. The summed E-state index contributed by atoms with van der Waals surface area (Å²) in [7, 11) is 0. The highest BCUT2D eigenvalue weighted by molar-refractivity contribution is 6.08. The van der Waals surface area contributed by atoms with Crippen LogP contribution in [0.2, 0.25) is 0 Å². The summed E-state index contributed by atoms with van der Waals surface area (Å²) < 4.78 is 4.87. The van der Waals surface area contributed by atoms with Crippen molar-refractivity contribution in [2.24, 2.45) is 5.92 Å². The molecule has 3 aliphatic rings. The van der Waals surface area contributed by atoms with Gasteiger partial charge in [-0.2, -0.15) is 5.26 Å². The van der Waals surface area contributed by atoms with Gasteiger partial charge < -0.3 is 15.4 Å². The van der Waals surface area contributed by atoms with Gasteiger partial charge in [-0.15, -0.1) is 0 Å². The van der Waals surface area contributed by atoms with Gasteiger partial charge in [-0.1, -0.05) is 0 Å². The van der Waals surface area contributed by atoms with E-state index in [1.165, 1.54) is 0 Å². The number of nitriles is 1. The molecule has 2 saturated carbocycles. The van der Waals surface area contributed by atoms with Crippen molar-refractivity contribution in [1.82, 2.24) is 15.5 Å². The molecule has 0 aromatic carbocycles. The molecule has 1 heterocycles. The van der Waals surface area contributed by atoms with Crippen LogP contribution in [0.1, 0.15) is 45.4 Å². The quantitative estimate of drug-likeness (QED) is 0.513. The lowest BCUT2D eigenvalue weighted by atomic mass is 9.96. The second-order valence-corrected chi connectivity index (χ2v) is 7.41. The summed E-state index contributed by atoms with van der Waals surface area (Å²) in [6, 6.07) is 1.49. The molecule has 3 fully saturated rings. The number of hydrogen-bond donors (Lipinski definition) is 2. The van der Waals surface area contributed by atoms with Crippen LogP contribution in [0.5, 0.6) is 0 Å². The molecule has 0 spiro atoms. The van der Waals surface area contributed by atoms with E-state index in [1.54, 1.807) is 6.92 Å². The molecule has 2 N–H and O–H groups in total. The van der Waals surface area contributed by atoms with Gasteiger partial charge in [0.1, 0.15) is 17.6 Å². The van der Waals surface area contributed by atoms with Crippen LogP contribution in [0.25, 0.3) is 0 Å². The maximum Gasteiger partial charge on any atom is 0.326 e. The molecule has 0 aromatic heterocycles. The Hall–Kier alpha value is -2.63. The molecule has 9 heteroatoms. The van der Waals surface area contributed by atoms with Gasteiger partial charge in [-0.25, -0.2) is 4.79 Å². The average molecular weight is 362 g/mol. The molecular formula is C17H22N4O5. The zero-order valence-corrected chi connectivity index (χ0v) is 14.7. The average Bonchev–Trinajstić information content (AvgIpc) is 3.33. The van der Waals surface area contributed by atoms with Crippen molar-refractivity contribution in [3.05, 3.63) is 0 Å². The number of ether oxygens (including phenoxy) is 1. The molecule has 140 valence electrons. The number of urea groups is 1. The highest BCUT2D eigenvalue weighted by Crippen LogP contribution is 2.42. The number of rotatable bonds is 6. The summed E-state index contributed by atoms with van der Waals surface area (Å²) in [5, 5.41) is 14.5. The number of amides is 4. The zero-order chi connectivity index (χ0) is 18.9. The van der Waals surface area contributed by atoms with E-state index in [-0.39, 0.29) is 5.92 Å². The van der Waals surface area contributed by atoms with Crippen LogP contribution in [-0.2, 0) is 19.1 Å². The Balaban J connectivity index is 1.48. The van der Waals surface area contributed by atoms with Gasteiger partial charge in [0.2, 0.25) is 0 Å². The number of carbonyl (C=O) groups excluding carboxylic acids is 4. The van der Waals surface area contributed by atoms with E-state index in [0.717, 1.165) is 30.6 Å². The SMILES string of the molecule is C[C@]1(C2CC2)NC(=O)N(CC(=O)OCC(=O)NC2(C#N)CCCC2)C1=O. The molecule has 0 bridgehead atoms. The highest BCUT2D eigenvalue weighted by atomic mass is 16.5. The number of nitrogens with zero attached hydrogens (tertiary/aromatic N) is 2. The fraction of sp³-hybridized carbons (Fsp3) is 0.706. The van der Waals surface area contributed by atoms with Crippen LogP contribution in [0.4, 0.5) is 4.79 Å². The Morgan fingerprint density at radius 3 is 2.58 bits per heavy atom. The number of imide groups is 1. The maximum absolute atomic E-state index is 12.4. The number of esters is 1. The Bertz CT molecular complexity index is 690. The lowest BCUT2D eigenvalue weighted by molar-refractivity contribution is -0.151. The monoisotopic (exact) mass is 362 g/mol. The highest BCUT2D eigenvalue weighted by Gasteiger charge is 2.56. The summed E-state index contributed by atoms with van der Waals surface area (Å²) in [5.74, 6) is -1.76. The summed E-state index contributed by atoms with van der Waals surface area (Å²) >= 11 is 0. The molecule has 9 nitrogen and oxygen atoms in total. The first-order valence-corrected chi connectivity index (χ1v) is 8.82. The lowest BCUT2D eigenvalue weighted by Gasteiger charge is -2.22. The van der Waals surface area contributed by atoms with Crippen LogP contribution in [0, 0.1) is 17.2 Å². The van der Waals surface area contributed by atoms with Crippen LogP contribution in [-0.4, -0.2) is 52.9 Å². The van der Waals surface area contributed by atoms with Gasteiger partial charge in [-0.3, -0.25) is 19.3 Å². The summed E-state index contributed by atoms with van der Waals surface area (Å²) in [5.41, 5.74) is -1.85. The van der Waals surface area contributed by atoms with Gasteiger partial charge in [-0.05, 0) is 51.4 Å². The van der Waals surface area contributed by atoms with Crippen molar-refractivity contribution in [3.8, 4) is 6.07 Å². The second-order valence-electron chi connectivity index (χ2n) is 7.41. The van der Waals surface area contributed by atoms with E-state index < -0.39 is 48.0 Å². The van der Waals surface area contributed by atoms with Gasteiger partial charge in [0.25, 0.3) is 11.8 Å².